The lowest BCUT2D eigenvalue weighted by atomic mass is 10.0. The minimum absolute atomic E-state index is 0.292. The van der Waals surface area contributed by atoms with Gasteiger partial charge in [-0.05, 0) is 36.1 Å². The first-order valence-corrected chi connectivity index (χ1v) is 9.58. The SMILES string of the molecule is CCCN1C(=O)C(Nc2ccc(C(C)C)cc2)=C(c2ccccc2OC)C1=O. The quantitative estimate of drug-likeness (QED) is 0.725. The summed E-state index contributed by atoms with van der Waals surface area (Å²) in [5, 5.41) is 3.19. The maximum absolute atomic E-state index is 13.1. The van der Waals surface area contributed by atoms with Gasteiger partial charge in [0.05, 0.1) is 12.7 Å². The van der Waals surface area contributed by atoms with Crippen LogP contribution >= 0.6 is 0 Å². The van der Waals surface area contributed by atoms with Crippen molar-refractivity contribution in [2.45, 2.75) is 33.1 Å². The molecule has 28 heavy (non-hydrogen) atoms. The van der Waals surface area contributed by atoms with Crippen molar-refractivity contribution in [3.8, 4) is 5.75 Å². The fraction of sp³-hybridized carbons (Fsp3) is 0.304. The van der Waals surface area contributed by atoms with Gasteiger partial charge in [-0.15, -0.1) is 0 Å². The Balaban J connectivity index is 2.06. The number of para-hydroxylation sites is 1. The third-order valence-electron chi connectivity index (χ3n) is 4.84. The van der Waals surface area contributed by atoms with E-state index in [1.165, 1.54) is 10.5 Å². The number of methoxy groups -OCH3 is 1. The number of carbonyl (C=O) groups is 2. The summed E-state index contributed by atoms with van der Waals surface area (Å²) in [6, 6.07) is 15.2. The number of ether oxygens (including phenoxy) is 1. The number of carbonyl (C=O) groups excluding carboxylic acids is 2. The minimum atomic E-state index is -0.305. The Kier molecular flexibility index (Phi) is 5.83. The zero-order valence-corrected chi connectivity index (χ0v) is 16.8. The van der Waals surface area contributed by atoms with Gasteiger partial charge in [0.1, 0.15) is 11.4 Å². The minimum Gasteiger partial charge on any atom is -0.496 e. The molecular formula is C23H26N2O3. The first kappa shape index (κ1) is 19.7. The first-order valence-electron chi connectivity index (χ1n) is 9.58. The van der Waals surface area contributed by atoms with Crippen LogP contribution in [-0.2, 0) is 9.59 Å². The summed E-state index contributed by atoms with van der Waals surface area (Å²) >= 11 is 0. The molecule has 1 aliphatic heterocycles. The van der Waals surface area contributed by atoms with Crippen molar-refractivity contribution in [3.63, 3.8) is 0 Å². The molecule has 0 bridgehead atoms. The van der Waals surface area contributed by atoms with Crippen LogP contribution in [0.15, 0.2) is 54.2 Å². The van der Waals surface area contributed by atoms with Crippen molar-refractivity contribution in [2.75, 3.05) is 19.0 Å². The lowest BCUT2D eigenvalue weighted by Crippen LogP contribution is -2.33. The molecule has 0 atom stereocenters. The largest absolute Gasteiger partial charge is 0.496 e. The van der Waals surface area contributed by atoms with E-state index in [2.05, 4.69) is 19.2 Å². The summed E-state index contributed by atoms with van der Waals surface area (Å²) in [6.45, 7) is 6.59. The Hall–Kier alpha value is -3.08. The molecule has 0 spiro atoms. The van der Waals surface area contributed by atoms with Crippen LogP contribution < -0.4 is 10.1 Å². The Morgan fingerprint density at radius 3 is 2.29 bits per heavy atom. The van der Waals surface area contributed by atoms with Crippen LogP contribution in [0.4, 0.5) is 5.69 Å². The Morgan fingerprint density at radius 1 is 1.00 bits per heavy atom. The van der Waals surface area contributed by atoms with Gasteiger partial charge in [-0.2, -0.15) is 0 Å². The van der Waals surface area contributed by atoms with Gasteiger partial charge in [0, 0.05) is 17.8 Å². The van der Waals surface area contributed by atoms with Crippen molar-refractivity contribution < 1.29 is 14.3 Å². The summed E-state index contributed by atoms with van der Waals surface area (Å²) in [5.74, 6) is 0.386. The molecule has 1 heterocycles. The van der Waals surface area contributed by atoms with Crippen LogP contribution in [0.25, 0.3) is 5.57 Å². The van der Waals surface area contributed by atoms with Gasteiger partial charge in [0.15, 0.2) is 0 Å². The van der Waals surface area contributed by atoms with E-state index in [0.717, 1.165) is 5.69 Å². The molecule has 0 saturated carbocycles. The number of benzene rings is 2. The maximum Gasteiger partial charge on any atom is 0.278 e. The lowest BCUT2D eigenvalue weighted by molar-refractivity contribution is -0.136. The summed E-state index contributed by atoms with van der Waals surface area (Å²) in [4.78, 5) is 27.4. The van der Waals surface area contributed by atoms with Crippen molar-refractivity contribution in [3.05, 3.63) is 65.4 Å². The van der Waals surface area contributed by atoms with Crippen molar-refractivity contribution in [1.82, 2.24) is 4.90 Å². The Bertz CT molecular complexity index is 914. The average Bonchev–Trinajstić information content (AvgIpc) is 2.93. The standard InChI is InChI=1S/C23H26N2O3/c1-5-14-25-22(26)20(18-8-6-7-9-19(18)28-4)21(23(25)27)24-17-12-10-16(11-13-17)15(2)3/h6-13,15,24H,5,14H2,1-4H3. The molecule has 0 radical (unpaired) electrons. The number of hydrogen-bond acceptors (Lipinski definition) is 4. The number of rotatable bonds is 7. The molecular weight excluding hydrogens is 352 g/mol. The summed E-state index contributed by atoms with van der Waals surface area (Å²) in [5.41, 5.74) is 3.24. The monoisotopic (exact) mass is 378 g/mol. The number of hydrogen-bond donors (Lipinski definition) is 1. The molecule has 146 valence electrons. The van der Waals surface area contributed by atoms with Gasteiger partial charge in [-0.25, -0.2) is 0 Å². The molecule has 0 aromatic heterocycles. The fourth-order valence-corrected chi connectivity index (χ4v) is 3.32. The van der Waals surface area contributed by atoms with E-state index in [9.17, 15) is 9.59 Å². The molecule has 2 aromatic carbocycles. The normalized spacial score (nSPS) is 14.2. The van der Waals surface area contributed by atoms with E-state index in [4.69, 9.17) is 4.74 Å². The van der Waals surface area contributed by atoms with Crippen LogP contribution in [0.1, 0.15) is 44.2 Å². The van der Waals surface area contributed by atoms with Gasteiger partial charge >= 0.3 is 0 Å². The average molecular weight is 378 g/mol. The fourth-order valence-electron chi connectivity index (χ4n) is 3.32. The molecule has 0 fully saturated rings. The second-order valence-corrected chi connectivity index (χ2v) is 7.11. The number of nitrogens with zero attached hydrogens (tertiary/aromatic N) is 1. The van der Waals surface area contributed by atoms with Crippen LogP contribution in [0.5, 0.6) is 5.75 Å². The third kappa shape index (κ3) is 3.65. The smallest absolute Gasteiger partial charge is 0.278 e. The van der Waals surface area contributed by atoms with E-state index >= 15 is 0 Å². The molecule has 5 nitrogen and oxygen atoms in total. The summed E-state index contributed by atoms with van der Waals surface area (Å²) < 4.78 is 5.43. The topological polar surface area (TPSA) is 58.6 Å². The third-order valence-corrected chi connectivity index (χ3v) is 4.84. The zero-order chi connectivity index (χ0) is 20.3. The molecule has 2 aromatic rings. The van der Waals surface area contributed by atoms with Crippen molar-refractivity contribution in [1.29, 1.82) is 0 Å². The molecule has 0 saturated heterocycles. The number of amides is 2. The van der Waals surface area contributed by atoms with E-state index in [1.807, 2.05) is 43.3 Å². The van der Waals surface area contributed by atoms with Gasteiger partial charge in [-0.1, -0.05) is 51.1 Å². The van der Waals surface area contributed by atoms with E-state index in [1.54, 1.807) is 19.2 Å². The Labute approximate surface area is 166 Å². The van der Waals surface area contributed by atoms with Gasteiger partial charge in [0.25, 0.3) is 11.8 Å². The number of nitrogens with one attached hydrogen (secondary N) is 1. The second-order valence-electron chi connectivity index (χ2n) is 7.11. The summed E-state index contributed by atoms with van der Waals surface area (Å²) in [7, 11) is 1.56. The van der Waals surface area contributed by atoms with Gasteiger partial charge in [0.2, 0.25) is 0 Å². The maximum atomic E-state index is 13.1. The summed E-state index contributed by atoms with van der Waals surface area (Å²) in [6.07, 6.45) is 0.701. The van der Waals surface area contributed by atoms with Crippen LogP contribution in [0.2, 0.25) is 0 Å². The molecule has 0 unspecified atom stereocenters. The first-order chi connectivity index (χ1) is 13.5. The molecule has 2 amide bonds. The number of imide groups is 1. The van der Waals surface area contributed by atoms with E-state index in [0.29, 0.717) is 41.5 Å². The number of anilines is 1. The molecule has 5 heteroatoms. The van der Waals surface area contributed by atoms with Crippen molar-refractivity contribution >= 4 is 23.1 Å². The van der Waals surface area contributed by atoms with E-state index < -0.39 is 0 Å². The van der Waals surface area contributed by atoms with Crippen LogP contribution in [0, 0.1) is 0 Å². The highest BCUT2D eigenvalue weighted by atomic mass is 16.5. The lowest BCUT2D eigenvalue weighted by Gasteiger charge is -2.14. The highest BCUT2D eigenvalue weighted by molar-refractivity contribution is 6.37. The molecule has 1 N–H and O–H groups in total. The zero-order valence-electron chi connectivity index (χ0n) is 16.8. The van der Waals surface area contributed by atoms with Crippen LogP contribution in [-0.4, -0.2) is 30.4 Å². The highest BCUT2D eigenvalue weighted by Gasteiger charge is 2.39. The highest BCUT2D eigenvalue weighted by Crippen LogP contribution is 2.35. The van der Waals surface area contributed by atoms with Crippen molar-refractivity contribution in [2.24, 2.45) is 0 Å². The Morgan fingerprint density at radius 2 is 1.68 bits per heavy atom. The molecule has 0 aliphatic carbocycles. The predicted molar refractivity (Wildman–Crippen MR) is 111 cm³/mol. The van der Waals surface area contributed by atoms with Gasteiger partial charge in [-0.3, -0.25) is 14.5 Å². The van der Waals surface area contributed by atoms with Gasteiger partial charge < -0.3 is 10.1 Å². The van der Waals surface area contributed by atoms with Crippen LogP contribution in [0.3, 0.4) is 0 Å². The molecule has 1 aliphatic rings. The molecule has 3 rings (SSSR count). The van der Waals surface area contributed by atoms with E-state index in [-0.39, 0.29) is 11.8 Å². The second kappa shape index (κ2) is 8.30. The predicted octanol–water partition coefficient (Wildman–Crippen LogP) is 4.42.